The van der Waals surface area contributed by atoms with Gasteiger partial charge in [0.25, 0.3) is 0 Å². The number of hydrazone groups is 1. The van der Waals surface area contributed by atoms with Crippen LogP contribution in [0.1, 0.15) is 22.5 Å². The number of para-hydroxylation sites is 1. The van der Waals surface area contributed by atoms with Crippen molar-refractivity contribution in [3.63, 3.8) is 0 Å². The zero-order valence-electron chi connectivity index (χ0n) is 16.4. The third-order valence-electron chi connectivity index (χ3n) is 4.50. The molecule has 3 aromatic rings. The molecule has 0 fully saturated rings. The van der Waals surface area contributed by atoms with E-state index in [1.54, 1.807) is 0 Å². The maximum atomic E-state index is 12.9. The number of benzene rings is 2. The molecule has 1 heterocycles. The van der Waals surface area contributed by atoms with Crippen molar-refractivity contribution in [3.05, 3.63) is 82.9 Å². The molecule has 0 aliphatic carbocycles. The Bertz CT molecular complexity index is 1080. The Morgan fingerprint density at radius 2 is 1.69 bits per heavy atom. The van der Waals surface area contributed by atoms with Gasteiger partial charge in [-0.05, 0) is 62.7 Å². The normalized spacial score (nSPS) is 10.9. The first-order valence-electron chi connectivity index (χ1n) is 9.01. The van der Waals surface area contributed by atoms with Gasteiger partial charge in [0, 0.05) is 28.3 Å². The van der Waals surface area contributed by atoms with Gasteiger partial charge in [-0.2, -0.15) is 5.10 Å². The Morgan fingerprint density at radius 1 is 1.00 bits per heavy atom. The number of rotatable bonds is 4. The summed E-state index contributed by atoms with van der Waals surface area (Å²) >= 11 is 0. The Kier molecular flexibility index (Phi) is 5.87. The van der Waals surface area contributed by atoms with Crippen LogP contribution in [0.25, 0.3) is 5.69 Å². The summed E-state index contributed by atoms with van der Waals surface area (Å²) in [6.07, 6.45) is 1.50. The summed E-state index contributed by atoms with van der Waals surface area (Å²) in [7, 11) is 0. The Balaban J connectivity index is 1.68. The van der Waals surface area contributed by atoms with Crippen molar-refractivity contribution >= 4 is 23.7 Å². The molecule has 0 saturated carbocycles. The van der Waals surface area contributed by atoms with E-state index in [-0.39, 0.29) is 0 Å². The number of aryl methyl sites for hydroxylation is 2. The van der Waals surface area contributed by atoms with Crippen LogP contribution in [-0.4, -0.2) is 22.6 Å². The first-order chi connectivity index (χ1) is 13.9. The fourth-order valence-corrected chi connectivity index (χ4v) is 3.04. The maximum absolute atomic E-state index is 12.9. The predicted octanol–water partition coefficient (Wildman–Crippen LogP) is 3.63. The molecule has 2 aromatic carbocycles. The van der Waals surface area contributed by atoms with E-state index in [0.717, 1.165) is 28.2 Å². The number of amides is 2. The van der Waals surface area contributed by atoms with Gasteiger partial charge in [-0.15, -0.1) is 0 Å². The Hall–Kier alpha value is -3.74. The molecule has 29 heavy (non-hydrogen) atoms. The topological polar surface area (TPSA) is 75.5 Å². The molecule has 0 saturated heterocycles. The lowest BCUT2D eigenvalue weighted by Gasteiger charge is -2.12. The molecule has 2 amide bonds. The number of nitrogens with one attached hydrogen (secondary N) is 2. The molecular formula is C22H21FN4O2. The Labute approximate surface area is 168 Å². The van der Waals surface area contributed by atoms with Gasteiger partial charge in [-0.25, -0.2) is 9.82 Å². The minimum atomic E-state index is -0.918. The SMILES string of the molecule is Cc1ccccc1-n1c(C)cc(/C=N\NC(=O)C(=O)Nc2ccc(F)cc2)c1C. The summed E-state index contributed by atoms with van der Waals surface area (Å²) in [5.74, 6) is -2.24. The van der Waals surface area contributed by atoms with E-state index in [0.29, 0.717) is 5.69 Å². The van der Waals surface area contributed by atoms with Crippen molar-refractivity contribution in [1.29, 1.82) is 0 Å². The lowest BCUT2D eigenvalue weighted by molar-refractivity contribution is -0.136. The van der Waals surface area contributed by atoms with Gasteiger partial charge in [0.2, 0.25) is 0 Å². The fourth-order valence-electron chi connectivity index (χ4n) is 3.04. The van der Waals surface area contributed by atoms with Gasteiger partial charge in [-0.3, -0.25) is 9.59 Å². The van der Waals surface area contributed by atoms with Crippen molar-refractivity contribution in [2.75, 3.05) is 5.32 Å². The van der Waals surface area contributed by atoms with E-state index in [1.165, 1.54) is 30.5 Å². The minimum Gasteiger partial charge on any atom is -0.318 e. The third kappa shape index (κ3) is 4.57. The summed E-state index contributed by atoms with van der Waals surface area (Å²) < 4.78 is 15.0. The Morgan fingerprint density at radius 3 is 2.38 bits per heavy atom. The molecule has 1 aromatic heterocycles. The number of anilines is 1. The lowest BCUT2D eigenvalue weighted by Crippen LogP contribution is -2.32. The molecule has 0 unspecified atom stereocenters. The van der Waals surface area contributed by atoms with Crippen LogP contribution < -0.4 is 10.7 Å². The van der Waals surface area contributed by atoms with Gasteiger partial charge in [0.05, 0.1) is 6.21 Å². The zero-order valence-corrected chi connectivity index (χ0v) is 16.4. The van der Waals surface area contributed by atoms with E-state index < -0.39 is 17.6 Å². The van der Waals surface area contributed by atoms with E-state index in [9.17, 15) is 14.0 Å². The summed E-state index contributed by atoms with van der Waals surface area (Å²) in [5, 5.41) is 6.27. The lowest BCUT2D eigenvalue weighted by atomic mass is 10.2. The molecule has 7 heteroatoms. The summed E-state index contributed by atoms with van der Waals surface area (Å²) in [5.41, 5.74) is 7.55. The predicted molar refractivity (Wildman–Crippen MR) is 111 cm³/mol. The van der Waals surface area contributed by atoms with Crippen molar-refractivity contribution in [2.45, 2.75) is 20.8 Å². The number of carbonyl (C=O) groups is 2. The minimum absolute atomic E-state index is 0.317. The third-order valence-corrected chi connectivity index (χ3v) is 4.50. The van der Waals surface area contributed by atoms with Gasteiger partial charge < -0.3 is 9.88 Å². The highest BCUT2D eigenvalue weighted by Gasteiger charge is 2.14. The van der Waals surface area contributed by atoms with E-state index in [2.05, 4.69) is 20.4 Å². The summed E-state index contributed by atoms with van der Waals surface area (Å²) in [6, 6.07) is 15.1. The number of aromatic nitrogens is 1. The van der Waals surface area contributed by atoms with E-state index >= 15 is 0 Å². The molecule has 0 atom stereocenters. The van der Waals surface area contributed by atoms with Crippen molar-refractivity contribution in [3.8, 4) is 5.69 Å². The van der Waals surface area contributed by atoms with Gasteiger partial charge >= 0.3 is 11.8 Å². The van der Waals surface area contributed by atoms with Crippen LogP contribution in [0, 0.1) is 26.6 Å². The molecule has 3 rings (SSSR count). The number of hydrogen-bond acceptors (Lipinski definition) is 3. The van der Waals surface area contributed by atoms with Crippen LogP contribution in [0.3, 0.4) is 0 Å². The first-order valence-corrected chi connectivity index (χ1v) is 9.01. The molecular weight excluding hydrogens is 371 g/mol. The highest BCUT2D eigenvalue weighted by Crippen LogP contribution is 2.22. The molecule has 0 spiro atoms. The van der Waals surface area contributed by atoms with Gasteiger partial charge in [0.1, 0.15) is 5.82 Å². The zero-order chi connectivity index (χ0) is 21.0. The quantitative estimate of drug-likeness (QED) is 0.404. The smallest absolute Gasteiger partial charge is 0.318 e. The standard InChI is InChI=1S/C22H21FN4O2/c1-14-6-4-5-7-20(14)27-15(2)12-17(16(27)3)13-24-26-22(29)21(28)25-19-10-8-18(23)9-11-19/h4-13H,1-3H3,(H,25,28)(H,26,29)/b24-13-. The van der Waals surface area contributed by atoms with Crippen LogP contribution in [0.4, 0.5) is 10.1 Å². The average Bonchev–Trinajstić information content (AvgIpc) is 2.97. The molecule has 0 aliphatic heterocycles. The van der Waals surface area contributed by atoms with Gasteiger partial charge in [0.15, 0.2) is 0 Å². The molecule has 2 N–H and O–H groups in total. The second kappa shape index (κ2) is 8.52. The van der Waals surface area contributed by atoms with Crippen LogP contribution in [0.15, 0.2) is 59.7 Å². The molecule has 0 bridgehead atoms. The monoisotopic (exact) mass is 392 g/mol. The van der Waals surface area contributed by atoms with Crippen LogP contribution >= 0.6 is 0 Å². The molecule has 6 nitrogen and oxygen atoms in total. The summed E-state index contributed by atoms with van der Waals surface area (Å²) in [4.78, 5) is 23.8. The summed E-state index contributed by atoms with van der Waals surface area (Å²) in [6.45, 7) is 6.00. The van der Waals surface area contributed by atoms with E-state index in [4.69, 9.17) is 0 Å². The van der Waals surface area contributed by atoms with Crippen molar-refractivity contribution in [2.24, 2.45) is 5.10 Å². The van der Waals surface area contributed by atoms with Gasteiger partial charge in [-0.1, -0.05) is 18.2 Å². The van der Waals surface area contributed by atoms with Crippen LogP contribution in [0.2, 0.25) is 0 Å². The average molecular weight is 392 g/mol. The van der Waals surface area contributed by atoms with Crippen molar-refractivity contribution in [1.82, 2.24) is 9.99 Å². The highest BCUT2D eigenvalue weighted by molar-refractivity contribution is 6.39. The number of halogens is 1. The maximum Gasteiger partial charge on any atom is 0.329 e. The molecule has 0 aliphatic rings. The number of carbonyl (C=O) groups excluding carboxylic acids is 2. The second-order valence-corrected chi connectivity index (χ2v) is 6.61. The number of hydrogen-bond donors (Lipinski definition) is 2. The van der Waals surface area contributed by atoms with E-state index in [1.807, 2.05) is 51.1 Å². The second-order valence-electron chi connectivity index (χ2n) is 6.61. The van der Waals surface area contributed by atoms with Crippen molar-refractivity contribution < 1.29 is 14.0 Å². The highest BCUT2D eigenvalue weighted by atomic mass is 19.1. The molecule has 0 radical (unpaired) electrons. The largest absolute Gasteiger partial charge is 0.329 e. The van der Waals surface area contributed by atoms with Crippen LogP contribution in [0.5, 0.6) is 0 Å². The number of nitrogens with zero attached hydrogens (tertiary/aromatic N) is 2. The fraction of sp³-hybridized carbons (Fsp3) is 0.136. The first kappa shape index (κ1) is 20.0. The van der Waals surface area contributed by atoms with Crippen LogP contribution in [-0.2, 0) is 9.59 Å². The molecule has 148 valence electrons.